The number of hydrogen-bond donors (Lipinski definition) is 1. The van der Waals surface area contributed by atoms with E-state index in [2.05, 4.69) is 10.3 Å². The fourth-order valence-corrected chi connectivity index (χ4v) is 2.61. The second kappa shape index (κ2) is 6.48. The first-order valence-corrected chi connectivity index (χ1v) is 7.60. The fraction of sp³-hybridized carbons (Fsp3) is 0.158. The highest BCUT2D eigenvalue weighted by atomic mass is 16.1. The van der Waals surface area contributed by atoms with Crippen LogP contribution in [0.25, 0.3) is 17.1 Å². The number of carbonyl (C=O) groups excluding carboxylic acids is 1. The Morgan fingerprint density at radius 3 is 2.57 bits per heavy atom. The maximum atomic E-state index is 12.1. The van der Waals surface area contributed by atoms with E-state index >= 15 is 0 Å². The minimum Gasteiger partial charge on any atom is -0.343 e. The lowest BCUT2D eigenvalue weighted by atomic mass is 10.2. The molecule has 1 N–H and O–H groups in total. The van der Waals surface area contributed by atoms with E-state index in [-0.39, 0.29) is 11.9 Å². The molecule has 0 spiro atoms. The van der Waals surface area contributed by atoms with Crippen LogP contribution in [0.4, 0.5) is 0 Å². The van der Waals surface area contributed by atoms with Gasteiger partial charge in [-0.15, -0.1) is 0 Å². The van der Waals surface area contributed by atoms with E-state index in [1.54, 1.807) is 12.2 Å². The topological polar surface area (TPSA) is 46.9 Å². The highest BCUT2D eigenvalue weighted by molar-refractivity contribution is 5.92. The van der Waals surface area contributed by atoms with Crippen LogP contribution in [-0.2, 0) is 11.8 Å². The number of aromatic nitrogens is 2. The molecule has 0 aliphatic rings. The van der Waals surface area contributed by atoms with Crippen molar-refractivity contribution in [3.8, 4) is 0 Å². The summed E-state index contributed by atoms with van der Waals surface area (Å²) < 4.78 is 2.02. The van der Waals surface area contributed by atoms with Gasteiger partial charge in [-0.1, -0.05) is 42.5 Å². The summed E-state index contributed by atoms with van der Waals surface area (Å²) in [6.45, 7) is 1.94. The molecule has 23 heavy (non-hydrogen) atoms. The van der Waals surface area contributed by atoms with Crippen LogP contribution in [0.2, 0.25) is 0 Å². The zero-order chi connectivity index (χ0) is 16.2. The zero-order valence-corrected chi connectivity index (χ0v) is 13.2. The largest absolute Gasteiger partial charge is 0.343 e. The lowest BCUT2D eigenvalue weighted by molar-refractivity contribution is -0.117. The van der Waals surface area contributed by atoms with Crippen molar-refractivity contribution >= 4 is 23.0 Å². The predicted octanol–water partition coefficient (Wildman–Crippen LogP) is 3.46. The quantitative estimate of drug-likeness (QED) is 0.750. The van der Waals surface area contributed by atoms with Gasteiger partial charge in [-0.05, 0) is 30.7 Å². The number of para-hydroxylation sites is 2. The van der Waals surface area contributed by atoms with Gasteiger partial charge in [0.25, 0.3) is 0 Å². The molecular weight excluding hydrogens is 286 g/mol. The van der Waals surface area contributed by atoms with Crippen molar-refractivity contribution in [2.75, 3.05) is 0 Å². The highest BCUT2D eigenvalue weighted by Crippen LogP contribution is 2.19. The third-order valence-corrected chi connectivity index (χ3v) is 3.79. The fourth-order valence-electron chi connectivity index (χ4n) is 2.61. The molecule has 0 bridgehead atoms. The average molecular weight is 305 g/mol. The molecule has 116 valence electrons. The Morgan fingerprint density at radius 1 is 1.13 bits per heavy atom. The summed E-state index contributed by atoms with van der Waals surface area (Å²) in [7, 11) is 1.97. The summed E-state index contributed by atoms with van der Waals surface area (Å²) in [5.74, 6) is 0.709. The average Bonchev–Trinajstić information content (AvgIpc) is 2.91. The molecule has 0 aliphatic carbocycles. The van der Waals surface area contributed by atoms with Gasteiger partial charge >= 0.3 is 0 Å². The van der Waals surface area contributed by atoms with Crippen LogP contribution in [0.1, 0.15) is 24.4 Å². The molecule has 1 aromatic heterocycles. The molecule has 0 radical (unpaired) electrons. The number of aryl methyl sites for hydroxylation is 1. The SMILES string of the molecule is CC(NC(=O)/C=C\c1ccccc1)c1nc2ccccc2n1C. The molecule has 2 aromatic carbocycles. The normalized spacial score (nSPS) is 12.6. The Hall–Kier alpha value is -2.88. The lowest BCUT2D eigenvalue weighted by Crippen LogP contribution is -2.26. The van der Waals surface area contributed by atoms with Crippen molar-refractivity contribution < 1.29 is 4.79 Å². The number of imidazole rings is 1. The first kappa shape index (κ1) is 15.0. The van der Waals surface area contributed by atoms with Crippen LogP contribution in [0.3, 0.4) is 0 Å². The molecule has 0 saturated carbocycles. The molecule has 1 unspecified atom stereocenters. The number of rotatable bonds is 4. The van der Waals surface area contributed by atoms with Crippen LogP contribution in [-0.4, -0.2) is 15.5 Å². The predicted molar refractivity (Wildman–Crippen MR) is 92.7 cm³/mol. The van der Waals surface area contributed by atoms with Gasteiger partial charge in [0, 0.05) is 13.1 Å². The Morgan fingerprint density at radius 2 is 1.83 bits per heavy atom. The summed E-state index contributed by atoms with van der Waals surface area (Å²) in [4.78, 5) is 16.7. The van der Waals surface area contributed by atoms with Gasteiger partial charge in [-0.25, -0.2) is 4.98 Å². The Balaban J connectivity index is 1.73. The van der Waals surface area contributed by atoms with Gasteiger partial charge in [0.1, 0.15) is 5.82 Å². The molecule has 1 atom stereocenters. The van der Waals surface area contributed by atoms with E-state index in [1.807, 2.05) is 73.1 Å². The van der Waals surface area contributed by atoms with E-state index < -0.39 is 0 Å². The monoisotopic (exact) mass is 305 g/mol. The second-order valence-corrected chi connectivity index (χ2v) is 5.49. The van der Waals surface area contributed by atoms with Crippen molar-refractivity contribution in [2.24, 2.45) is 7.05 Å². The van der Waals surface area contributed by atoms with Gasteiger partial charge < -0.3 is 9.88 Å². The summed E-state index contributed by atoms with van der Waals surface area (Å²) in [5.41, 5.74) is 2.99. The first-order valence-electron chi connectivity index (χ1n) is 7.60. The molecule has 4 nitrogen and oxygen atoms in total. The zero-order valence-electron chi connectivity index (χ0n) is 13.2. The summed E-state index contributed by atoms with van der Waals surface area (Å²) >= 11 is 0. The number of carbonyl (C=O) groups is 1. The van der Waals surface area contributed by atoms with Gasteiger partial charge in [-0.2, -0.15) is 0 Å². The summed E-state index contributed by atoms with van der Waals surface area (Å²) in [5, 5.41) is 2.96. The first-order chi connectivity index (χ1) is 11.1. The third kappa shape index (κ3) is 3.31. The maximum Gasteiger partial charge on any atom is 0.244 e. The molecule has 1 amide bonds. The van der Waals surface area contributed by atoms with Crippen LogP contribution in [0, 0.1) is 0 Å². The van der Waals surface area contributed by atoms with E-state index in [9.17, 15) is 4.79 Å². The number of benzene rings is 2. The van der Waals surface area contributed by atoms with Crippen LogP contribution in [0.5, 0.6) is 0 Å². The summed E-state index contributed by atoms with van der Waals surface area (Å²) in [6, 6.07) is 17.5. The van der Waals surface area contributed by atoms with Crippen molar-refractivity contribution in [1.82, 2.24) is 14.9 Å². The van der Waals surface area contributed by atoms with Crippen LogP contribution >= 0.6 is 0 Å². The molecule has 3 rings (SSSR count). The highest BCUT2D eigenvalue weighted by Gasteiger charge is 2.15. The smallest absolute Gasteiger partial charge is 0.244 e. The minimum absolute atomic E-state index is 0.131. The number of fused-ring (bicyclic) bond motifs is 1. The van der Waals surface area contributed by atoms with E-state index in [0.29, 0.717) is 0 Å². The Labute approximate surface area is 135 Å². The van der Waals surface area contributed by atoms with E-state index in [4.69, 9.17) is 0 Å². The number of nitrogens with one attached hydrogen (secondary N) is 1. The van der Waals surface area contributed by atoms with Crippen LogP contribution < -0.4 is 5.32 Å². The Kier molecular flexibility index (Phi) is 4.24. The van der Waals surface area contributed by atoms with Gasteiger partial charge in [0.05, 0.1) is 17.1 Å². The maximum absolute atomic E-state index is 12.1. The molecular formula is C19H19N3O. The number of nitrogens with zero attached hydrogens (tertiary/aromatic N) is 2. The number of amides is 1. The molecule has 0 saturated heterocycles. The van der Waals surface area contributed by atoms with Gasteiger partial charge in [-0.3, -0.25) is 4.79 Å². The molecule has 0 aliphatic heterocycles. The van der Waals surface area contributed by atoms with Gasteiger partial charge in [0.15, 0.2) is 0 Å². The van der Waals surface area contributed by atoms with Crippen molar-refractivity contribution in [3.63, 3.8) is 0 Å². The van der Waals surface area contributed by atoms with Crippen molar-refractivity contribution in [1.29, 1.82) is 0 Å². The summed E-state index contributed by atoms with van der Waals surface area (Å²) in [6.07, 6.45) is 3.35. The van der Waals surface area contributed by atoms with E-state index in [1.165, 1.54) is 0 Å². The van der Waals surface area contributed by atoms with Crippen molar-refractivity contribution in [2.45, 2.75) is 13.0 Å². The Bertz CT molecular complexity index is 849. The van der Waals surface area contributed by atoms with Crippen LogP contribution in [0.15, 0.2) is 60.7 Å². The van der Waals surface area contributed by atoms with E-state index in [0.717, 1.165) is 22.4 Å². The second-order valence-electron chi connectivity index (χ2n) is 5.49. The molecule has 1 heterocycles. The molecule has 0 fully saturated rings. The molecule has 4 heteroatoms. The van der Waals surface area contributed by atoms with Gasteiger partial charge in [0.2, 0.25) is 5.91 Å². The number of hydrogen-bond acceptors (Lipinski definition) is 2. The molecule has 3 aromatic rings. The third-order valence-electron chi connectivity index (χ3n) is 3.79. The standard InChI is InChI=1S/C19H19N3O/c1-14(19-21-16-10-6-7-11-17(16)22(19)2)20-18(23)13-12-15-8-4-3-5-9-15/h3-14H,1-2H3,(H,20,23)/b13-12-. The lowest BCUT2D eigenvalue weighted by Gasteiger charge is -2.12. The van der Waals surface area contributed by atoms with Crippen molar-refractivity contribution in [3.05, 3.63) is 72.1 Å². The minimum atomic E-state index is -0.166.